The molecule has 1 saturated heterocycles. The van der Waals surface area contributed by atoms with Crippen LogP contribution in [0.4, 0.5) is 0 Å². The average molecular weight is 317 g/mol. The molecule has 0 radical (unpaired) electrons. The lowest BCUT2D eigenvalue weighted by Gasteiger charge is -2.34. The molecule has 2 amide bonds. The van der Waals surface area contributed by atoms with Crippen LogP contribution in [-0.4, -0.2) is 60.9 Å². The van der Waals surface area contributed by atoms with Gasteiger partial charge in [0.2, 0.25) is 5.91 Å². The van der Waals surface area contributed by atoms with Crippen LogP contribution in [-0.2, 0) is 4.79 Å². The van der Waals surface area contributed by atoms with Gasteiger partial charge in [-0.25, -0.2) is 0 Å². The molecule has 3 rings (SSSR count). The van der Waals surface area contributed by atoms with Crippen LogP contribution >= 0.6 is 0 Å². The second-order valence-corrected chi connectivity index (χ2v) is 6.13. The zero-order valence-corrected chi connectivity index (χ0v) is 13.2. The number of para-hydroxylation sites is 1. The SMILES string of the molecule is NCC(=O)N1CCN(C(=O)c2ccccc2OCC2CC2)CC1. The lowest BCUT2D eigenvalue weighted by Crippen LogP contribution is -2.51. The van der Waals surface area contributed by atoms with E-state index in [1.165, 1.54) is 12.8 Å². The van der Waals surface area contributed by atoms with Gasteiger partial charge in [0.1, 0.15) is 5.75 Å². The Balaban J connectivity index is 1.63. The summed E-state index contributed by atoms with van der Waals surface area (Å²) in [6.07, 6.45) is 2.43. The number of carbonyl (C=O) groups excluding carboxylic acids is 2. The van der Waals surface area contributed by atoms with Crippen molar-refractivity contribution in [2.75, 3.05) is 39.3 Å². The molecule has 2 N–H and O–H groups in total. The van der Waals surface area contributed by atoms with Crippen LogP contribution in [0, 0.1) is 5.92 Å². The molecule has 124 valence electrons. The predicted octanol–water partition coefficient (Wildman–Crippen LogP) is 0.719. The lowest BCUT2D eigenvalue weighted by atomic mass is 10.1. The fraction of sp³-hybridized carbons (Fsp3) is 0.529. The molecule has 1 aromatic carbocycles. The third kappa shape index (κ3) is 3.82. The van der Waals surface area contributed by atoms with Crippen molar-refractivity contribution in [3.05, 3.63) is 29.8 Å². The van der Waals surface area contributed by atoms with Crippen LogP contribution in [0.15, 0.2) is 24.3 Å². The summed E-state index contributed by atoms with van der Waals surface area (Å²) in [5.41, 5.74) is 5.99. The minimum absolute atomic E-state index is 0.0196. The van der Waals surface area contributed by atoms with E-state index in [1.807, 2.05) is 24.3 Å². The number of piperazine rings is 1. The zero-order valence-electron chi connectivity index (χ0n) is 13.2. The number of amides is 2. The quantitative estimate of drug-likeness (QED) is 0.868. The molecule has 2 aliphatic rings. The van der Waals surface area contributed by atoms with E-state index in [1.54, 1.807) is 9.80 Å². The highest BCUT2D eigenvalue weighted by Crippen LogP contribution is 2.30. The van der Waals surface area contributed by atoms with Gasteiger partial charge in [-0.15, -0.1) is 0 Å². The molecule has 2 fully saturated rings. The van der Waals surface area contributed by atoms with Crippen LogP contribution in [0.5, 0.6) is 5.75 Å². The van der Waals surface area contributed by atoms with E-state index in [-0.39, 0.29) is 18.4 Å². The summed E-state index contributed by atoms with van der Waals surface area (Å²) in [7, 11) is 0. The molecule has 0 bridgehead atoms. The molecular weight excluding hydrogens is 294 g/mol. The zero-order chi connectivity index (χ0) is 16.2. The molecule has 1 aliphatic carbocycles. The maximum Gasteiger partial charge on any atom is 0.257 e. The Hall–Kier alpha value is -2.08. The van der Waals surface area contributed by atoms with Gasteiger partial charge in [-0.2, -0.15) is 0 Å². The van der Waals surface area contributed by atoms with Crippen LogP contribution in [0.25, 0.3) is 0 Å². The molecule has 6 heteroatoms. The van der Waals surface area contributed by atoms with Gasteiger partial charge in [0.05, 0.1) is 18.7 Å². The fourth-order valence-corrected chi connectivity index (χ4v) is 2.72. The maximum atomic E-state index is 12.7. The molecule has 1 aliphatic heterocycles. The predicted molar refractivity (Wildman–Crippen MR) is 86.2 cm³/mol. The molecule has 1 heterocycles. The number of hydrogen-bond acceptors (Lipinski definition) is 4. The van der Waals surface area contributed by atoms with Gasteiger partial charge in [-0.1, -0.05) is 12.1 Å². The first-order valence-corrected chi connectivity index (χ1v) is 8.18. The Morgan fingerprint density at radius 3 is 2.39 bits per heavy atom. The average Bonchev–Trinajstić information content (AvgIpc) is 3.43. The van der Waals surface area contributed by atoms with E-state index < -0.39 is 0 Å². The Labute approximate surface area is 136 Å². The summed E-state index contributed by atoms with van der Waals surface area (Å²) >= 11 is 0. The molecular formula is C17H23N3O3. The van der Waals surface area contributed by atoms with Crippen molar-refractivity contribution < 1.29 is 14.3 Å². The number of hydrogen-bond donors (Lipinski definition) is 1. The number of carbonyl (C=O) groups is 2. The van der Waals surface area contributed by atoms with Crippen molar-refractivity contribution >= 4 is 11.8 Å². The molecule has 1 aromatic rings. The van der Waals surface area contributed by atoms with E-state index in [0.717, 1.165) is 0 Å². The van der Waals surface area contributed by atoms with Crippen LogP contribution in [0.3, 0.4) is 0 Å². The molecule has 0 atom stereocenters. The number of rotatable bonds is 5. The Kier molecular flexibility index (Phi) is 4.81. The van der Waals surface area contributed by atoms with Crippen LogP contribution in [0.2, 0.25) is 0 Å². The van der Waals surface area contributed by atoms with E-state index in [4.69, 9.17) is 10.5 Å². The summed E-state index contributed by atoms with van der Waals surface area (Å²) in [5.74, 6) is 1.20. The van der Waals surface area contributed by atoms with Gasteiger partial charge >= 0.3 is 0 Å². The highest BCUT2D eigenvalue weighted by atomic mass is 16.5. The minimum Gasteiger partial charge on any atom is -0.492 e. The van der Waals surface area contributed by atoms with E-state index in [9.17, 15) is 9.59 Å². The van der Waals surface area contributed by atoms with Crippen molar-refractivity contribution in [2.24, 2.45) is 11.7 Å². The fourth-order valence-electron chi connectivity index (χ4n) is 2.72. The first-order chi connectivity index (χ1) is 11.2. The monoisotopic (exact) mass is 317 g/mol. The Morgan fingerprint density at radius 1 is 1.09 bits per heavy atom. The standard InChI is InChI=1S/C17H23N3O3/c18-11-16(21)19-7-9-20(10-8-19)17(22)14-3-1-2-4-15(14)23-12-13-5-6-13/h1-4,13H,5-12,18H2. The summed E-state index contributed by atoms with van der Waals surface area (Å²) in [4.78, 5) is 27.8. The highest BCUT2D eigenvalue weighted by Gasteiger charge is 2.27. The Bertz CT molecular complexity index is 578. The van der Waals surface area contributed by atoms with E-state index in [2.05, 4.69) is 0 Å². The summed E-state index contributed by atoms with van der Waals surface area (Å²) in [6, 6.07) is 7.40. The molecule has 1 saturated carbocycles. The van der Waals surface area contributed by atoms with Gasteiger partial charge in [-0.3, -0.25) is 9.59 Å². The van der Waals surface area contributed by atoms with Crippen LogP contribution in [0.1, 0.15) is 23.2 Å². The first-order valence-electron chi connectivity index (χ1n) is 8.18. The van der Waals surface area contributed by atoms with Crippen molar-refractivity contribution in [3.63, 3.8) is 0 Å². The summed E-state index contributed by atoms with van der Waals surface area (Å²) in [5, 5.41) is 0. The maximum absolute atomic E-state index is 12.7. The number of ether oxygens (including phenoxy) is 1. The smallest absolute Gasteiger partial charge is 0.257 e. The topological polar surface area (TPSA) is 75.9 Å². The van der Waals surface area contributed by atoms with Gasteiger partial charge in [0.25, 0.3) is 5.91 Å². The molecule has 0 aromatic heterocycles. The molecule has 0 spiro atoms. The summed E-state index contributed by atoms with van der Waals surface area (Å²) in [6.45, 7) is 2.83. The van der Waals surface area contributed by atoms with Gasteiger partial charge < -0.3 is 20.3 Å². The minimum atomic E-state index is -0.0646. The van der Waals surface area contributed by atoms with Gasteiger partial charge in [0.15, 0.2) is 0 Å². The second-order valence-electron chi connectivity index (χ2n) is 6.13. The van der Waals surface area contributed by atoms with Gasteiger partial charge in [-0.05, 0) is 30.9 Å². The number of nitrogens with two attached hydrogens (primary N) is 1. The third-order valence-corrected chi connectivity index (χ3v) is 4.38. The van der Waals surface area contributed by atoms with Crippen molar-refractivity contribution in [1.29, 1.82) is 0 Å². The Morgan fingerprint density at radius 2 is 1.74 bits per heavy atom. The van der Waals surface area contributed by atoms with Crippen LogP contribution < -0.4 is 10.5 Å². The third-order valence-electron chi connectivity index (χ3n) is 4.38. The van der Waals surface area contributed by atoms with Crippen molar-refractivity contribution in [3.8, 4) is 5.75 Å². The van der Waals surface area contributed by atoms with Crippen molar-refractivity contribution in [2.45, 2.75) is 12.8 Å². The lowest BCUT2D eigenvalue weighted by molar-refractivity contribution is -0.131. The van der Waals surface area contributed by atoms with Crippen molar-refractivity contribution in [1.82, 2.24) is 9.80 Å². The largest absolute Gasteiger partial charge is 0.492 e. The van der Waals surface area contributed by atoms with E-state index in [0.29, 0.717) is 50.0 Å². The van der Waals surface area contributed by atoms with E-state index >= 15 is 0 Å². The normalized spacial score (nSPS) is 18.0. The number of benzene rings is 1. The first kappa shape index (κ1) is 15.8. The number of nitrogens with zero attached hydrogens (tertiary/aromatic N) is 2. The summed E-state index contributed by atoms with van der Waals surface area (Å²) < 4.78 is 5.82. The van der Waals surface area contributed by atoms with Gasteiger partial charge in [0, 0.05) is 26.2 Å². The molecule has 6 nitrogen and oxygen atoms in total. The second kappa shape index (κ2) is 7.00. The molecule has 23 heavy (non-hydrogen) atoms. The molecule has 0 unspecified atom stereocenters. The highest BCUT2D eigenvalue weighted by molar-refractivity contribution is 5.97.